The van der Waals surface area contributed by atoms with Crippen LogP contribution in [-0.4, -0.2) is 19.7 Å². The van der Waals surface area contributed by atoms with Crippen LogP contribution in [0.1, 0.15) is 17.2 Å². The number of carbonyl (C=O) groups excluding carboxylic acids is 1. The summed E-state index contributed by atoms with van der Waals surface area (Å²) in [6, 6.07) is 13.0. The summed E-state index contributed by atoms with van der Waals surface area (Å²) in [5.74, 6) is 1.53. The van der Waals surface area contributed by atoms with Gasteiger partial charge in [0.05, 0.1) is 23.3 Å². The molecule has 1 unspecified atom stereocenters. The Morgan fingerprint density at radius 1 is 1.25 bits per heavy atom. The molecule has 122 valence electrons. The van der Waals surface area contributed by atoms with Crippen LogP contribution in [0.5, 0.6) is 11.5 Å². The fourth-order valence-corrected chi connectivity index (χ4v) is 3.65. The summed E-state index contributed by atoms with van der Waals surface area (Å²) in [7, 11) is 1.62. The minimum absolute atomic E-state index is 0.220. The number of urea groups is 1. The minimum Gasteiger partial charge on any atom is -0.496 e. The van der Waals surface area contributed by atoms with E-state index < -0.39 is 0 Å². The molecule has 2 aliphatic heterocycles. The van der Waals surface area contributed by atoms with Gasteiger partial charge >= 0.3 is 6.03 Å². The van der Waals surface area contributed by atoms with Crippen molar-refractivity contribution in [3.63, 3.8) is 0 Å². The van der Waals surface area contributed by atoms with Gasteiger partial charge in [-0.3, -0.25) is 0 Å². The Balaban J connectivity index is 1.82. The maximum atomic E-state index is 12.2. The molecular weight excluding hydrogens is 372 g/mol. The maximum Gasteiger partial charge on any atom is 0.320 e. The molecule has 2 N–H and O–H groups in total. The number of para-hydroxylation sites is 1. The Bertz CT molecular complexity index is 863. The van der Waals surface area contributed by atoms with Crippen LogP contribution >= 0.6 is 15.9 Å². The van der Waals surface area contributed by atoms with E-state index in [4.69, 9.17) is 9.47 Å². The van der Waals surface area contributed by atoms with Crippen molar-refractivity contribution in [1.29, 1.82) is 0 Å². The molecule has 0 bridgehead atoms. The van der Waals surface area contributed by atoms with E-state index in [2.05, 4.69) is 26.6 Å². The van der Waals surface area contributed by atoms with E-state index in [-0.39, 0.29) is 12.1 Å². The number of rotatable bonds is 2. The molecule has 2 aromatic rings. The number of benzene rings is 2. The van der Waals surface area contributed by atoms with Crippen molar-refractivity contribution >= 4 is 27.7 Å². The van der Waals surface area contributed by atoms with Gasteiger partial charge in [-0.05, 0) is 45.8 Å². The zero-order valence-corrected chi connectivity index (χ0v) is 14.5. The quantitative estimate of drug-likeness (QED) is 0.828. The highest BCUT2D eigenvalue weighted by molar-refractivity contribution is 9.10. The molecule has 2 aromatic carbocycles. The van der Waals surface area contributed by atoms with E-state index in [1.54, 1.807) is 7.11 Å². The highest BCUT2D eigenvalue weighted by Gasteiger charge is 2.33. The van der Waals surface area contributed by atoms with Crippen LogP contribution < -0.4 is 20.1 Å². The number of methoxy groups -OCH3 is 1. The van der Waals surface area contributed by atoms with Gasteiger partial charge in [0, 0.05) is 11.1 Å². The molecule has 0 fully saturated rings. The van der Waals surface area contributed by atoms with Crippen molar-refractivity contribution in [2.24, 2.45) is 0 Å². The summed E-state index contributed by atoms with van der Waals surface area (Å²) in [6.45, 7) is 0.425. The van der Waals surface area contributed by atoms with Gasteiger partial charge in [0.1, 0.15) is 18.1 Å². The van der Waals surface area contributed by atoms with Gasteiger partial charge in [0.15, 0.2) is 0 Å². The summed E-state index contributed by atoms with van der Waals surface area (Å²) in [4.78, 5) is 12.2. The second kappa shape index (κ2) is 5.87. The summed E-state index contributed by atoms with van der Waals surface area (Å²) < 4.78 is 12.0. The summed E-state index contributed by atoms with van der Waals surface area (Å²) in [6.07, 6.45) is 0. The van der Waals surface area contributed by atoms with Gasteiger partial charge in [0.25, 0.3) is 0 Å². The molecule has 4 rings (SSSR count). The van der Waals surface area contributed by atoms with Gasteiger partial charge in [0.2, 0.25) is 0 Å². The lowest BCUT2D eigenvalue weighted by Crippen LogP contribution is -2.45. The number of nitrogens with one attached hydrogen (secondary N) is 2. The smallest absolute Gasteiger partial charge is 0.320 e. The van der Waals surface area contributed by atoms with Gasteiger partial charge in [-0.15, -0.1) is 0 Å². The van der Waals surface area contributed by atoms with E-state index >= 15 is 0 Å². The van der Waals surface area contributed by atoms with Crippen molar-refractivity contribution in [2.75, 3.05) is 13.7 Å². The van der Waals surface area contributed by atoms with Gasteiger partial charge in [-0.1, -0.05) is 18.2 Å². The lowest BCUT2D eigenvalue weighted by atomic mass is 9.91. The number of hydrogen-bond acceptors (Lipinski definition) is 3. The lowest BCUT2D eigenvalue weighted by molar-refractivity contribution is 0.237. The molecular formula is C18H15BrN2O3. The number of carbonyl (C=O) groups is 1. The van der Waals surface area contributed by atoms with Crippen molar-refractivity contribution in [3.8, 4) is 11.5 Å². The first-order valence-corrected chi connectivity index (χ1v) is 8.33. The van der Waals surface area contributed by atoms with Crippen molar-refractivity contribution in [3.05, 3.63) is 63.6 Å². The Labute approximate surface area is 147 Å². The van der Waals surface area contributed by atoms with E-state index in [0.29, 0.717) is 6.61 Å². The van der Waals surface area contributed by atoms with Crippen molar-refractivity contribution in [1.82, 2.24) is 10.6 Å². The molecule has 0 saturated heterocycles. The molecule has 6 heteroatoms. The third-order valence-electron chi connectivity index (χ3n) is 4.23. The fraction of sp³-hybridized carbons (Fsp3) is 0.167. The first kappa shape index (κ1) is 15.1. The molecule has 5 nitrogen and oxygen atoms in total. The average molecular weight is 387 g/mol. The van der Waals surface area contributed by atoms with E-state index in [1.165, 1.54) is 0 Å². The molecule has 0 aliphatic carbocycles. The molecule has 0 aromatic heterocycles. The molecule has 2 heterocycles. The second-order valence-corrected chi connectivity index (χ2v) is 6.46. The molecule has 24 heavy (non-hydrogen) atoms. The Kier molecular flexibility index (Phi) is 3.69. The van der Waals surface area contributed by atoms with Crippen LogP contribution in [0, 0.1) is 0 Å². The SMILES string of the molecule is COc1ccc(C2NC(=O)NC3=C2COc2ccccc23)cc1Br. The zero-order chi connectivity index (χ0) is 16.7. The van der Waals surface area contributed by atoms with Crippen LogP contribution in [-0.2, 0) is 0 Å². The highest BCUT2D eigenvalue weighted by atomic mass is 79.9. The Morgan fingerprint density at radius 3 is 2.88 bits per heavy atom. The normalized spacial score (nSPS) is 18.8. The third kappa shape index (κ3) is 2.43. The zero-order valence-electron chi connectivity index (χ0n) is 12.9. The topological polar surface area (TPSA) is 59.6 Å². The molecule has 0 spiro atoms. The Morgan fingerprint density at radius 2 is 2.08 bits per heavy atom. The van der Waals surface area contributed by atoms with E-state index in [1.807, 2.05) is 42.5 Å². The number of amides is 2. The number of halogens is 1. The first-order valence-electron chi connectivity index (χ1n) is 7.53. The largest absolute Gasteiger partial charge is 0.496 e. The lowest BCUT2D eigenvalue weighted by Gasteiger charge is -2.34. The van der Waals surface area contributed by atoms with E-state index in [9.17, 15) is 4.79 Å². The number of fused-ring (bicyclic) bond motifs is 2. The predicted octanol–water partition coefficient (Wildman–Crippen LogP) is 3.62. The van der Waals surface area contributed by atoms with Gasteiger partial charge < -0.3 is 20.1 Å². The molecule has 0 radical (unpaired) electrons. The monoisotopic (exact) mass is 386 g/mol. The number of hydrogen-bond donors (Lipinski definition) is 2. The highest BCUT2D eigenvalue weighted by Crippen LogP contribution is 2.39. The van der Waals surface area contributed by atoms with Crippen molar-refractivity contribution in [2.45, 2.75) is 6.04 Å². The van der Waals surface area contributed by atoms with Crippen LogP contribution in [0.25, 0.3) is 5.70 Å². The third-order valence-corrected chi connectivity index (χ3v) is 4.85. The second-order valence-electron chi connectivity index (χ2n) is 5.61. The van der Waals surface area contributed by atoms with Crippen LogP contribution in [0.3, 0.4) is 0 Å². The Hall–Kier alpha value is -2.47. The van der Waals surface area contributed by atoms with Crippen LogP contribution in [0.15, 0.2) is 52.5 Å². The van der Waals surface area contributed by atoms with Gasteiger partial charge in [-0.2, -0.15) is 0 Å². The first-order chi connectivity index (χ1) is 11.7. The molecule has 0 saturated carbocycles. The molecule has 2 aliphatic rings. The summed E-state index contributed by atoms with van der Waals surface area (Å²) in [5, 5.41) is 5.90. The fourth-order valence-electron chi connectivity index (χ4n) is 3.09. The predicted molar refractivity (Wildman–Crippen MR) is 94.0 cm³/mol. The summed E-state index contributed by atoms with van der Waals surface area (Å²) >= 11 is 3.50. The van der Waals surface area contributed by atoms with Crippen molar-refractivity contribution < 1.29 is 14.3 Å². The molecule has 1 atom stereocenters. The van der Waals surface area contributed by atoms with E-state index in [0.717, 1.165) is 38.4 Å². The van der Waals surface area contributed by atoms with Crippen LogP contribution in [0.2, 0.25) is 0 Å². The minimum atomic E-state index is -0.246. The summed E-state index contributed by atoms with van der Waals surface area (Å²) in [5.41, 5.74) is 3.71. The average Bonchev–Trinajstić information content (AvgIpc) is 2.61. The maximum absolute atomic E-state index is 12.2. The van der Waals surface area contributed by atoms with Crippen LogP contribution in [0.4, 0.5) is 4.79 Å². The molecule has 2 amide bonds. The van der Waals surface area contributed by atoms with Gasteiger partial charge in [-0.25, -0.2) is 4.79 Å². The standard InChI is InChI=1S/C18H15BrN2O3/c1-23-15-7-6-10(8-13(15)19)16-12-9-24-14-5-3-2-4-11(14)17(12)21-18(22)20-16/h2-8,16H,9H2,1H3,(H2,20,21,22). The number of ether oxygens (including phenoxy) is 2.